The van der Waals surface area contributed by atoms with Crippen molar-refractivity contribution in [3.63, 3.8) is 0 Å². The third-order valence-corrected chi connectivity index (χ3v) is 3.59. The third kappa shape index (κ3) is 3.45. The summed E-state index contributed by atoms with van der Waals surface area (Å²) in [4.78, 5) is 16.6. The molecule has 0 N–H and O–H groups in total. The molecule has 2 rings (SSSR count). The molecule has 0 bridgehead atoms. The average molecular weight is 334 g/mol. The van der Waals surface area contributed by atoms with E-state index in [9.17, 15) is 4.79 Å². The van der Waals surface area contributed by atoms with Crippen LogP contribution < -0.4 is 4.74 Å². The second-order valence-electron chi connectivity index (χ2n) is 4.46. The molecule has 0 atom stereocenters. The van der Waals surface area contributed by atoms with Crippen molar-refractivity contribution in [2.24, 2.45) is 0 Å². The van der Waals surface area contributed by atoms with E-state index in [0.29, 0.717) is 11.3 Å². The van der Waals surface area contributed by atoms with Gasteiger partial charge in [-0.3, -0.25) is 9.78 Å². The summed E-state index contributed by atoms with van der Waals surface area (Å²) in [6.45, 7) is 2.08. The van der Waals surface area contributed by atoms with Crippen LogP contribution in [-0.2, 0) is 12.8 Å². The highest BCUT2D eigenvalue weighted by Gasteiger charge is 2.13. The first-order valence-electron chi connectivity index (χ1n) is 6.44. The molecule has 0 radical (unpaired) electrons. The van der Waals surface area contributed by atoms with E-state index in [-0.39, 0.29) is 12.2 Å². The first-order chi connectivity index (χ1) is 9.63. The highest BCUT2D eigenvalue weighted by molar-refractivity contribution is 9.10. The molecule has 20 heavy (non-hydrogen) atoms. The molecular formula is C16H16BrNO2. The molecule has 0 saturated heterocycles. The number of halogens is 1. The maximum Gasteiger partial charge on any atom is 0.172 e. The summed E-state index contributed by atoms with van der Waals surface area (Å²) < 4.78 is 6.14. The highest BCUT2D eigenvalue weighted by Crippen LogP contribution is 2.24. The second-order valence-corrected chi connectivity index (χ2v) is 5.37. The van der Waals surface area contributed by atoms with Gasteiger partial charge >= 0.3 is 0 Å². The lowest BCUT2D eigenvalue weighted by molar-refractivity contribution is 0.0989. The van der Waals surface area contributed by atoms with Crippen LogP contribution in [-0.4, -0.2) is 17.9 Å². The lowest BCUT2D eigenvalue weighted by Gasteiger charge is -2.08. The van der Waals surface area contributed by atoms with Gasteiger partial charge in [0.25, 0.3) is 0 Å². The van der Waals surface area contributed by atoms with Crippen LogP contribution in [0.5, 0.6) is 5.75 Å². The van der Waals surface area contributed by atoms with Crippen molar-refractivity contribution in [3.05, 3.63) is 57.8 Å². The van der Waals surface area contributed by atoms with Crippen LogP contribution in [0.3, 0.4) is 0 Å². The molecule has 0 aliphatic carbocycles. The van der Waals surface area contributed by atoms with Crippen molar-refractivity contribution in [2.75, 3.05) is 7.11 Å². The molecule has 1 aromatic heterocycles. The van der Waals surface area contributed by atoms with Crippen molar-refractivity contribution >= 4 is 21.7 Å². The van der Waals surface area contributed by atoms with Crippen LogP contribution in [0, 0.1) is 0 Å². The first kappa shape index (κ1) is 14.7. The summed E-state index contributed by atoms with van der Waals surface area (Å²) in [6, 6.07) is 9.31. The maximum absolute atomic E-state index is 12.3. The Morgan fingerprint density at radius 3 is 2.70 bits per heavy atom. The summed E-state index contributed by atoms with van der Waals surface area (Å²) in [6.07, 6.45) is 3.05. The topological polar surface area (TPSA) is 39.2 Å². The number of carbonyl (C=O) groups excluding carboxylic acids is 1. The zero-order chi connectivity index (χ0) is 14.5. The van der Waals surface area contributed by atoms with Crippen LogP contribution in [0.2, 0.25) is 0 Å². The molecule has 0 amide bonds. The fourth-order valence-corrected chi connectivity index (χ4v) is 2.26. The quantitative estimate of drug-likeness (QED) is 0.780. The van der Waals surface area contributed by atoms with E-state index in [0.717, 1.165) is 16.6 Å². The number of ether oxygens (including phenoxy) is 1. The Hall–Kier alpha value is -1.68. The maximum atomic E-state index is 12.3. The zero-order valence-corrected chi connectivity index (χ0v) is 13.1. The van der Waals surface area contributed by atoms with E-state index in [4.69, 9.17) is 4.74 Å². The van der Waals surface area contributed by atoms with Gasteiger partial charge in [0.05, 0.1) is 19.1 Å². The van der Waals surface area contributed by atoms with E-state index in [1.807, 2.05) is 24.4 Å². The Morgan fingerprint density at radius 2 is 2.10 bits per heavy atom. The summed E-state index contributed by atoms with van der Waals surface area (Å²) in [5.74, 6) is 0.584. The van der Waals surface area contributed by atoms with E-state index >= 15 is 0 Å². The number of benzene rings is 1. The van der Waals surface area contributed by atoms with Gasteiger partial charge in [-0.25, -0.2) is 0 Å². The molecule has 0 unspecified atom stereocenters. The Morgan fingerprint density at radius 1 is 1.30 bits per heavy atom. The Labute approximate surface area is 127 Å². The molecular weight excluding hydrogens is 318 g/mol. The van der Waals surface area contributed by atoms with Gasteiger partial charge in [0.2, 0.25) is 0 Å². The van der Waals surface area contributed by atoms with Gasteiger partial charge in [0.15, 0.2) is 5.78 Å². The number of aromatic nitrogens is 1. The molecule has 0 saturated carbocycles. The number of hydrogen-bond donors (Lipinski definition) is 0. The third-order valence-electron chi connectivity index (χ3n) is 3.10. The minimum atomic E-state index is 0.00565. The molecule has 2 aromatic rings. The number of ketones is 1. The molecule has 3 nitrogen and oxygen atoms in total. The first-order valence-corrected chi connectivity index (χ1v) is 7.24. The van der Waals surface area contributed by atoms with Crippen molar-refractivity contribution in [1.82, 2.24) is 4.98 Å². The Kier molecular flexibility index (Phi) is 4.90. The highest BCUT2D eigenvalue weighted by atomic mass is 79.9. The summed E-state index contributed by atoms with van der Waals surface area (Å²) in [5, 5.41) is 0. The summed E-state index contributed by atoms with van der Waals surface area (Å²) in [5.41, 5.74) is 2.52. The van der Waals surface area contributed by atoms with Gasteiger partial charge in [-0.15, -0.1) is 0 Å². The second kappa shape index (κ2) is 6.66. The largest absolute Gasteiger partial charge is 0.496 e. The normalized spacial score (nSPS) is 10.3. The molecule has 0 aliphatic rings. The van der Waals surface area contributed by atoms with Gasteiger partial charge in [0, 0.05) is 16.4 Å². The molecule has 104 valence electrons. The van der Waals surface area contributed by atoms with Crippen LogP contribution >= 0.6 is 15.9 Å². The van der Waals surface area contributed by atoms with Crippen molar-refractivity contribution in [1.29, 1.82) is 0 Å². The number of methoxy groups -OCH3 is 1. The molecule has 1 heterocycles. The molecule has 0 aliphatic heterocycles. The van der Waals surface area contributed by atoms with Crippen LogP contribution in [0.4, 0.5) is 0 Å². The number of aryl methyl sites for hydroxylation is 1. The van der Waals surface area contributed by atoms with Crippen molar-refractivity contribution in [3.8, 4) is 5.75 Å². The van der Waals surface area contributed by atoms with Crippen LogP contribution in [0.15, 0.2) is 41.0 Å². The number of Topliss-reactive ketones (excluding diaryl/α,β-unsaturated/α-hetero) is 1. The average Bonchev–Trinajstić information content (AvgIpc) is 2.47. The standard InChI is InChI=1S/C16H16BrNO2/c1-3-11-4-6-13(18-10-11)9-15(19)14-7-5-12(17)8-16(14)20-2/h4-8,10H,3,9H2,1-2H3. The van der Waals surface area contributed by atoms with Gasteiger partial charge in [-0.05, 0) is 36.2 Å². The number of rotatable bonds is 5. The fourth-order valence-electron chi connectivity index (χ4n) is 1.92. The number of carbonyl (C=O) groups is 1. The monoisotopic (exact) mass is 333 g/mol. The zero-order valence-electron chi connectivity index (χ0n) is 11.5. The van der Waals surface area contributed by atoms with Crippen molar-refractivity contribution in [2.45, 2.75) is 19.8 Å². The fraction of sp³-hybridized carbons (Fsp3) is 0.250. The lowest BCUT2D eigenvalue weighted by Crippen LogP contribution is -2.07. The Bertz CT molecular complexity index is 608. The molecule has 0 spiro atoms. The Balaban J connectivity index is 2.19. The minimum absolute atomic E-state index is 0.00565. The van der Waals surface area contributed by atoms with Crippen LogP contribution in [0.25, 0.3) is 0 Å². The lowest BCUT2D eigenvalue weighted by atomic mass is 10.0. The van der Waals surface area contributed by atoms with Gasteiger partial charge in [-0.1, -0.05) is 28.9 Å². The molecule has 0 fully saturated rings. The minimum Gasteiger partial charge on any atom is -0.496 e. The molecule has 4 heteroatoms. The SMILES string of the molecule is CCc1ccc(CC(=O)c2ccc(Br)cc2OC)nc1. The van der Waals surface area contributed by atoms with Gasteiger partial charge in [-0.2, -0.15) is 0 Å². The van der Waals surface area contributed by atoms with E-state index in [2.05, 4.69) is 27.8 Å². The number of hydrogen-bond acceptors (Lipinski definition) is 3. The van der Waals surface area contributed by atoms with E-state index in [1.54, 1.807) is 19.2 Å². The van der Waals surface area contributed by atoms with E-state index < -0.39 is 0 Å². The van der Waals surface area contributed by atoms with Gasteiger partial charge < -0.3 is 4.74 Å². The summed E-state index contributed by atoms with van der Waals surface area (Å²) in [7, 11) is 1.56. The van der Waals surface area contributed by atoms with Gasteiger partial charge in [0.1, 0.15) is 5.75 Å². The van der Waals surface area contributed by atoms with Crippen molar-refractivity contribution < 1.29 is 9.53 Å². The predicted octanol–water partition coefficient (Wildman–Crippen LogP) is 3.84. The van der Waals surface area contributed by atoms with Crippen LogP contribution in [0.1, 0.15) is 28.5 Å². The molecule has 1 aromatic carbocycles. The predicted molar refractivity (Wildman–Crippen MR) is 82.3 cm³/mol. The van der Waals surface area contributed by atoms with E-state index in [1.165, 1.54) is 5.56 Å². The number of nitrogens with zero attached hydrogens (tertiary/aromatic N) is 1. The summed E-state index contributed by atoms with van der Waals surface area (Å²) >= 11 is 3.37. The smallest absolute Gasteiger partial charge is 0.172 e. The number of pyridine rings is 1.